The van der Waals surface area contributed by atoms with Crippen molar-refractivity contribution in [2.45, 2.75) is 18.5 Å². The maximum absolute atomic E-state index is 12.8. The quantitative estimate of drug-likeness (QED) is 0.780. The molecule has 0 aliphatic rings. The summed E-state index contributed by atoms with van der Waals surface area (Å²) in [5.74, 6) is -2.35. The van der Waals surface area contributed by atoms with Gasteiger partial charge < -0.3 is 5.73 Å². The minimum atomic E-state index is -4.38. The van der Waals surface area contributed by atoms with E-state index in [4.69, 9.17) is 5.73 Å². The smallest absolute Gasteiger partial charge is 0.330 e. The zero-order valence-electron chi connectivity index (χ0n) is 7.89. The highest BCUT2D eigenvalue weighted by Gasteiger charge is 2.39. The molecule has 5 heteroatoms. The highest BCUT2D eigenvalue weighted by molar-refractivity contribution is 5.22. The van der Waals surface area contributed by atoms with E-state index < -0.39 is 17.9 Å². The normalized spacial score (nSPS) is 13.9. The van der Waals surface area contributed by atoms with Gasteiger partial charge in [0.05, 0.1) is 5.92 Å². The first kappa shape index (κ1) is 12.0. The number of benzene rings is 1. The molecule has 0 heterocycles. The predicted octanol–water partition coefficient (Wildman–Crippen LogP) is 2.82. The van der Waals surface area contributed by atoms with E-state index in [-0.39, 0.29) is 18.5 Å². The van der Waals surface area contributed by atoms with Crippen molar-refractivity contribution in [3.8, 4) is 0 Å². The number of hydrogen-bond donors (Lipinski definition) is 1. The molecule has 0 aliphatic heterocycles. The molecule has 0 saturated carbocycles. The second-order valence-electron chi connectivity index (χ2n) is 3.23. The van der Waals surface area contributed by atoms with Crippen LogP contribution in [-0.2, 0) is 0 Å². The summed E-state index contributed by atoms with van der Waals surface area (Å²) < 4.78 is 50.4. The van der Waals surface area contributed by atoms with Crippen molar-refractivity contribution in [3.63, 3.8) is 0 Å². The lowest BCUT2D eigenvalue weighted by Crippen LogP contribution is -2.23. The van der Waals surface area contributed by atoms with Crippen molar-refractivity contribution in [1.29, 1.82) is 0 Å². The van der Waals surface area contributed by atoms with Crippen LogP contribution in [-0.4, -0.2) is 12.7 Å². The molecule has 0 fully saturated rings. The number of alkyl halides is 3. The van der Waals surface area contributed by atoms with Gasteiger partial charge in [0.1, 0.15) is 5.82 Å². The zero-order chi connectivity index (χ0) is 11.5. The van der Waals surface area contributed by atoms with Crippen LogP contribution in [0, 0.1) is 5.82 Å². The molecule has 15 heavy (non-hydrogen) atoms. The first-order valence-electron chi connectivity index (χ1n) is 4.47. The fourth-order valence-electron chi connectivity index (χ4n) is 1.41. The standard InChI is InChI=1S/C10H11F4N/c11-8-3-1-2-7(6-8)9(4-5-15)10(12,13)14/h1-3,6,9H,4-5,15H2. The van der Waals surface area contributed by atoms with Crippen molar-refractivity contribution in [1.82, 2.24) is 0 Å². The Balaban J connectivity index is 2.99. The van der Waals surface area contributed by atoms with Crippen LogP contribution in [0.3, 0.4) is 0 Å². The first-order valence-corrected chi connectivity index (χ1v) is 4.47. The summed E-state index contributed by atoms with van der Waals surface area (Å²) in [5.41, 5.74) is 5.03. The Morgan fingerprint density at radius 3 is 2.40 bits per heavy atom. The minimum absolute atomic E-state index is 0.0760. The Hall–Kier alpha value is -1.10. The van der Waals surface area contributed by atoms with E-state index in [0.29, 0.717) is 0 Å². The molecule has 0 radical (unpaired) electrons. The fourth-order valence-corrected chi connectivity index (χ4v) is 1.41. The third kappa shape index (κ3) is 3.20. The summed E-state index contributed by atoms with van der Waals surface area (Å²) in [6, 6.07) is 4.53. The van der Waals surface area contributed by atoms with Crippen molar-refractivity contribution in [3.05, 3.63) is 35.6 Å². The first-order chi connectivity index (χ1) is 6.95. The van der Waals surface area contributed by atoms with Gasteiger partial charge in [0, 0.05) is 0 Å². The van der Waals surface area contributed by atoms with Gasteiger partial charge in [-0.3, -0.25) is 0 Å². The molecule has 0 spiro atoms. The average Bonchev–Trinajstić information content (AvgIpc) is 2.12. The van der Waals surface area contributed by atoms with Crippen LogP contribution in [0.5, 0.6) is 0 Å². The largest absolute Gasteiger partial charge is 0.395 e. The maximum Gasteiger partial charge on any atom is 0.395 e. The molecule has 1 aromatic carbocycles. The highest BCUT2D eigenvalue weighted by atomic mass is 19.4. The van der Waals surface area contributed by atoms with Crippen molar-refractivity contribution >= 4 is 0 Å². The number of hydrogen-bond acceptors (Lipinski definition) is 1. The summed E-state index contributed by atoms with van der Waals surface area (Å²) in [6.45, 7) is -0.0826. The van der Waals surface area contributed by atoms with Crippen LogP contribution in [0.1, 0.15) is 17.9 Å². The Labute approximate surface area is 84.9 Å². The molecule has 1 unspecified atom stereocenters. The van der Waals surface area contributed by atoms with Gasteiger partial charge in [0.2, 0.25) is 0 Å². The van der Waals surface area contributed by atoms with E-state index in [1.54, 1.807) is 0 Å². The van der Waals surface area contributed by atoms with Gasteiger partial charge in [-0.2, -0.15) is 13.2 Å². The molecule has 1 nitrogen and oxygen atoms in total. The highest BCUT2D eigenvalue weighted by Crippen LogP contribution is 2.37. The molecule has 0 amide bonds. The van der Waals surface area contributed by atoms with Gasteiger partial charge in [-0.25, -0.2) is 4.39 Å². The Bertz CT molecular complexity index is 321. The van der Waals surface area contributed by atoms with Gasteiger partial charge in [0.15, 0.2) is 0 Å². The molecule has 0 saturated heterocycles. The topological polar surface area (TPSA) is 26.0 Å². The van der Waals surface area contributed by atoms with Crippen molar-refractivity contribution in [2.75, 3.05) is 6.54 Å². The van der Waals surface area contributed by atoms with E-state index in [0.717, 1.165) is 12.1 Å². The monoisotopic (exact) mass is 221 g/mol. The summed E-state index contributed by atoms with van der Waals surface area (Å²) in [6.07, 6.45) is -4.61. The van der Waals surface area contributed by atoms with Crippen LogP contribution in [0.15, 0.2) is 24.3 Å². The second-order valence-corrected chi connectivity index (χ2v) is 3.23. The third-order valence-electron chi connectivity index (χ3n) is 2.10. The van der Waals surface area contributed by atoms with Crippen LogP contribution >= 0.6 is 0 Å². The molecular weight excluding hydrogens is 210 g/mol. The lowest BCUT2D eigenvalue weighted by Gasteiger charge is -2.19. The SMILES string of the molecule is NCCC(c1cccc(F)c1)C(F)(F)F. The van der Waals surface area contributed by atoms with Gasteiger partial charge >= 0.3 is 6.18 Å². The van der Waals surface area contributed by atoms with E-state index >= 15 is 0 Å². The number of halogens is 4. The summed E-state index contributed by atoms with van der Waals surface area (Å²) in [7, 11) is 0. The summed E-state index contributed by atoms with van der Waals surface area (Å²) in [4.78, 5) is 0. The van der Waals surface area contributed by atoms with Gasteiger partial charge in [-0.15, -0.1) is 0 Å². The second kappa shape index (κ2) is 4.61. The molecule has 1 aromatic rings. The maximum atomic E-state index is 12.8. The van der Waals surface area contributed by atoms with Crippen LogP contribution in [0.4, 0.5) is 17.6 Å². The summed E-state index contributed by atoms with van der Waals surface area (Å²) >= 11 is 0. The van der Waals surface area contributed by atoms with E-state index in [1.165, 1.54) is 12.1 Å². The third-order valence-corrected chi connectivity index (χ3v) is 2.10. The number of rotatable bonds is 3. The lowest BCUT2D eigenvalue weighted by atomic mass is 9.95. The zero-order valence-corrected chi connectivity index (χ0v) is 7.89. The number of nitrogens with two attached hydrogens (primary N) is 1. The Morgan fingerprint density at radius 1 is 1.27 bits per heavy atom. The molecule has 1 atom stereocenters. The molecule has 0 aromatic heterocycles. The van der Waals surface area contributed by atoms with Crippen LogP contribution in [0.2, 0.25) is 0 Å². The molecule has 84 valence electrons. The van der Waals surface area contributed by atoms with Gasteiger partial charge in [0.25, 0.3) is 0 Å². The van der Waals surface area contributed by atoms with Gasteiger partial charge in [-0.1, -0.05) is 12.1 Å². The van der Waals surface area contributed by atoms with Crippen molar-refractivity contribution < 1.29 is 17.6 Å². The molecule has 1 rings (SSSR count). The minimum Gasteiger partial charge on any atom is -0.330 e. The summed E-state index contributed by atoms with van der Waals surface area (Å²) in [5, 5.41) is 0. The van der Waals surface area contributed by atoms with Gasteiger partial charge in [-0.05, 0) is 30.7 Å². The average molecular weight is 221 g/mol. The van der Waals surface area contributed by atoms with E-state index in [2.05, 4.69) is 0 Å². The molecule has 0 bridgehead atoms. The van der Waals surface area contributed by atoms with Crippen LogP contribution < -0.4 is 5.73 Å². The predicted molar refractivity (Wildman–Crippen MR) is 48.9 cm³/mol. The Morgan fingerprint density at radius 2 is 1.93 bits per heavy atom. The Kier molecular flexibility index (Phi) is 3.68. The molecule has 2 N–H and O–H groups in total. The molecular formula is C10H11F4N. The van der Waals surface area contributed by atoms with Crippen molar-refractivity contribution in [2.24, 2.45) is 5.73 Å². The van der Waals surface area contributed by atoms with Crippen LogP contribution in [0.25, 0.3) is 0 Å². The lowest BCUT2D eigenvalue weighted by molar-refractivity contribution is -0.151. The van der Waals surface area contributed by atoms with E-state index in [9.17, 15) is 17.6 Å². The molecule has 0 aliphatic carbocycles. The van der Waals surface area contributed by atoms with E-state index in [1.807, 2.05) is 0 Å². The fraction of sp³-hybridized carbons (Fsp3) is 0.400.